The third-order valence-electron chi connectivity index (χ3n) is 3.26. The zero-order valence-electron chi connectivity index (χ0n) is 9.79. The fourth-order valence-corrected chi connectivity index (χ4v) is 2.29. The summed E-state index contributed by atoms with van der Waals surface area (Å²) < 4.78 is 5.67. The zero-order valence-corrected chi connectivity index (χ0v) is 10.6. The number of halogens is 1. The minimum Gasteiger partial charge on any atom is -0.493 e. The first-order valence-electron chi connectivity index (χ1n) is 5.77. The summed E-state index contributed by atoms with van der Waals surface area (Å²) in [4.78, 5) is 0. The van der Waals surface area contributed by atoms with Gasteiger partial charge in [-0.2, -0.15) is 0 Å². The number of rotatable bonds is 3. The van der Waals surface area contributed by atoms with Gasteiger partial charge in [-0.15, -0.1) is 0 Å². The molecule has 16 heavy (non-hydrogen) atoms. The van der Waals surface area contributed by atoms with Crippen molar-refractivity contribution < 1.29 is 4.74 Å². The van der Waals surface area contributed by atoms with E-state index in [0.717, 1.165) is 30.2 Å². The predicted octanol–water partition coefficient (Wildman–Crippen LogP) is 2.80. The van der Waals surface area contributed by atoms with Crippen molar-refractivity contribution in [2.75, 3.05) is 6.61 Å². The van der Waals surface area contributed by atoms with Crippen LogP contribution in [0.3, 0.4) is 0 Å². The lowest BCUT2D eigenvalue weighted by Crippen LogP contribution is -2.25. The van der Waals surface area contributed by atoms with E-state index in [1.807, 2.05) is 19.1 Å². The summed E-state index contributed by atoms with van der Waals surface area (Å²) in [5, 5.41) is 0.802. The van der Waals surface area contributed by atoms with Crippen molar-refractivity contribution in [3.8, 4) is 5.75 Å². The molecule has 3 heteroatoms. The van der Waals surface area contributed by atoms with Crippen molar-refractivity contribution in [3.63, 3.8) is 0 Å². The highest BCUT2D eigenvalue weighted by Crippen LogP contribution is 2.34. The van der Waals surface area contributed by atoms with Gasteiger partial charge in [0.05, 0.1) is 6.61 Å². The van der Waals surface area contributed by atoms with Gasteiger partial charge in [0.25, 0.3) is 0 Å². The van der Waals surface area contributed by atoms with Crippen LogP contribution in [0.25, 0.3) is 0 Å². The number of ether oxygens (including phenoxy) is 1. The molecule has 0 fully saturated rings. The number of fused-ring (bicyclic) bond motifs is 1. The van der Waals surface area contributed by atoms with Crippen LogP contribution in [0, 0.1) is 5.92 Å². The van der Waals surface area contributed by atoms with E-state index in [-0.39, 0.29) is 6.04 Å². The van der Waals surface area contributed by atoms with E-state index >= 15 is 0 Å². The lowest BCUT2D eigenvalue weighted by atomic mass is 9.94. The van der Waals surface area contributed by atoms with E-state index in [1.165, 1.54) is 11.1 Å². The monoisotopic (exact) mass is 239 g/mol. The van der Waals surface area contributed by atoms with Gasteiger partial charge in [0, 0.05) is 17.5 Å². The van der Waals surface area contributed by atoms with Gasteiger partial charge in [0.2, 0.25) is 0 Å². The Bertz CT molecular complexity index is 390. The highest BCUT2D eigenvalue weighted by atomic mass is 35.5. The first kappa shape index (κ1) is 11.7. The number of hydrogen-bond acceptors (Lipinski definition) is 2. The van der Waals surface area contributed by atoms with Crippen molar-refractivity contribution >= 4 is 11.6 Å². The van der Waals surface area contributed by atoms with Crippen LogP contribution in [0.5, 0.6) is 5.75 Å². The zero-order chi connectivity index (χ0) is 11.7. The first-order chi connectivity index (χ1) is 7.58. The molecule has 1 aliphatic heterocycles. The molecule has 1 aromatic rings. The third kappa shape index (κ3) is 2.33. The van der Waals surface area contributed by atoms with Crippen LogP contribution in [-0.2, 0) is 12.8 Å². The second kappa shape index (κ2) is 4.64. The maximum Gasteiger partial charge on any atom is 0.125 e. The molecule has 1 aromatic carbocycles. The van der Waals surface area contributed by atoms with Gasteiger partial charge in [-0.1, -0.05) is 18.5 Å². The van der Waals surface area contributed by atoms with Crippen molar-refractivity contribution in [2.45, 2.75) is 32.7 Å². The van der Waals surface area contributed by atoms with Crippen LogP contribution in [-0.4, -0.2) is 12.6 Å². The van der Waals surface area contributed by atoms with Crippen LogP contribution >= 0.6 is 11.6 Å². The lowest BCUT2D eigenvalue weighted by Gasteiger charge is -2.17. The Kier molecular flexibility index (Phi) is 3.41. The van der Waals surface area contributed by atoms with E-state index in [0.29, 0.717) is 5.92 Å². The molecule has 0 amide bonds. The molecular weight excluding hydrogens is 222 g/mol. The Hall–Kier alpha value is -0.730. The highest BCUT2D eigenvalue weighted by molar-refractivity contribution is 6.30. The quantitative estimate of drug-likeness (QED) is 0.881. The molecule has 0 bridgehead atoms. The van der Waals surface area contributed by atoms with Crippen molar-refractivity contribution in [1.29, 1.82) is 0 Å². The SMILES string of the molecule is CC(N)C(C)Cc1cc(Cl)cc2c1OCC2. The highest BCUT2D eigenvalue weighted by Gasteiger charge is 2.19. The minimum absolute atomic E-state index is 0.191. The molecule has 2 atom stereocenters. The summed E-state index contributed by atoms with van der Waals surface area (Å²) in [6, 6.07) is 4.20. The maximum absolute atomic E-state index is 6.10. The van der Waals surface area contributed by atoms with Gasteiger partial charge in [-0.25, -0.2) is 0 Å². The topological polar surface area (TPSA) is 35.2 Å². The summed E-state index contributed by atoms with van der Waals surface area (Å²) in [6.45, 7) is 4.97. The molecular formula is C13H18ClNO. The number of nitrogens with two attached hydrogens (primary N) is 1. The van der Waals surface area contributed by atoms with Crippen LogP contribution in [0.4, 0.5) is 0 Å². The van der Waals surface area contributed by atoms with E-state index in [4.69, 9.17) is 22.1 Å². The van der Waals surface area contributed by atoms with Crippen LogP contribution in [0.1, 0.15) is 25.0 Å². The maximum atomic E-state index is 6.10. The van der Waals surface area contributed by atoms with E-state index in [9.17, 15) is 0 Å². The summed E-state index contributed by atoms with van der Waals surface area (Å²) in [6.07, 6.45) is 1.90. The molecule has 2 rings (SSSR count). The molecule has 1 aliphatic rings. The van der Waals surface area contributed by atoms with Crippen molar-refractivity contribution in [3.05, 3.63) is 28.3 Å². The van der Waals surface area contributed by atoms with Gasteiger partial charge < -0.3 is 10.5 Å². The normalized spacial score (nSPS) is 17.8. The number of benzene rings is 1. The smallest absolute Gasteiger partial charge is 0.125 e. The van der Waals surface area contributed by atoms with Crippen LogP contribution < -0.4 is 10.5 Å². The molecule has 0 saturated carbocycles. The van der Waals surface area contributed by atoms with E-state index in [1.54, 1.807) is 0 Å². The second-order valence-corrected chi connectivity index (χ2v) is 5.13. The Morgan fingerprint density at radius 1 is 1.44 bits per heavy atom. The molecule has 2 N–H and O–H groups in total. The average molecular weight is 240 g/mol. The molecule has 0 aliphatic carbocycles. The summed E-state index contributed by atoms with van der Waals surface area (Å²) in [7, 11) is 0. The molecule has 2 unspecified atom stereocenters. The van der Waals surface area contributed by atoms with Gasteiger partial charge in [-0.05, 0) is 42.5 Å². The predicted molar refractivity (Wildman–Crippen MR) is 67.2 cm³/mol. The van der Waals surface area contributed by atoms with Gasteiger partial charge >= 0.3 is 0 Å². The molecule has 0 aromatic heterocycles. The van der Waals surface area contributed by atoms with Crippen LogP contribution in [0.2, 0.25) is 5.02 Å². The van der Waals surface area contributed by atoms with E-state index < -0.39 is 0 Å². The summed E-state index contributed by atoms with van der Waals surface area (Å²) in [5.41, 5.74) is 8.33. The molecule has 1 heterocycles. The van der Waals surface area contributed by atoms with Crippen molar-refractivity contribution in [1.82, 2.24) is 0 Å². The molecule has 88 valence electrons. The summed E-state index contributed by atoms with van der Waals surface area (Å²) in [5.74, 6) is 1.48. The Morgan fingerprint density at radius 2 is 2.19 bits per heavy atom. The van der Waals surface area contributed by atoms with Crippen LogP contribution in [0.15, 0.2) is 12.1 Å². The third-order valence-corrected chi connectivity index (χ3v) is 3.48. The second-order valence-electron chi connectivity index (χ2n) is 4.69. The Morgan fingerprint density at radius 3 is 2.88 bits per heavy atom. The lowest BCUT2D eigenvalue weighted by molar-refractivity contribution is 0.350. The molecule has 0 saturated heterocycles. The van der Waals surface area contributed by atoms with Gasteiger partial charge in [0.1, 0.15) is 5.75 Å². The fourth-order valence-electron chi connectivity index (χ4n) is 2.03. The Balaban J connectivity index is 2.27. The average Bonchev–Trinajstić information content (AvgIpc) is 2.65. The minimum atomic E-state index is 0.191. The molecule has 0 spiro atoms. The van der Waals surface area contributed by atoms with Gasteiger partial charge in [-0.3, -0.25) is 0 Å². The molecule has 2 nitrogen and oxygen atoms in total. The van der Waals surface area contributed by atoms with E-state index in [2.05, 4.69) is 6.92 Å². The fraction of sp³-hybridized carbons (Fsp3) is 0.538. The number of hydrogen-bond donors (Lipinski definition) is 1. The first-order valence-corrected chi connectivity index (χ1v) is 6.15. The largest absolute Gasteiger partial charge is 0.493 e. The standard InChI is InChI=1S/C13H18ClNO/c1-8(9(2)15)5-11-7-12(14)6-10-3-4-16-13(10)11/h6-9H,3-5,15H2,1-2H3. The van der Waals surface area contributed by atoms with Gasteiger partial charge in [0.15, 0.2) is 0 Å². The Labute approximate surface area is 102 Å². The van der Waals surface area contributed by atoms with Crippen molar-refractivity contribution in [2.24, 2.45) is 11.7 Å². The molecule has 0 radical (unpaired) electrons. The summed E-state index contributed by atoms with van der Waals surface area (Å²) >= 11 is 6.10.